The Bertz CT molecular complexity index is 1010. The van der Waals surface area contributed by atoms with Crippen molar-refractivity contribution < 1.29 is 14.3 Å². The summed E-state index contributed by atoms with van der Waals surface area (Å²) in [5.74, 6) is 1.24. The molecule has 1 heterocycles. The van der Waals surface area contributed by atoms with E-state index in [0.29, 0.717) is 12.2 Å². The van der Waals surface area contributed by atoms with Crippen molar-refractivity contribution in [1.29, 1.82) is 0 Å². The molecule has 1 unspecified atom stereocenters. The Hall–Kier alpha value is -3.28. The summed E-state index contributed by atoms with van der Waals surface area (Å²) < 4.78 is 11.5. The van der Waals surface area contributed by atoms with Crippen LogP contribution in [0.5, 0.6) is 5.75 Å². The van der Waals surface area contributed by atoms with Crippen molar-refractivity contribution in [1.82, 2.24) is 4.98 Å². The van der Waals surface area contributed by atoms with Gasteiger partial charge in [0.2, 0.25) is 0 Å². The molecule has 6 nitrogen and oxygen atoms in total. The lowest BCUT2D eigenvalue weighted by atomic mass is 10.1. The minimum Gasteiger partial charge on any atom is -0.490 e. The van der Waals surface area contributed by atoms with Crippen LogP contribution in [0.4, 0.5) is 16.3 Å². The van der Waals surface area contributed by atoms with Crippen LogP contribution in [0.25, 0.3) is 10.8 Å². The molecule has 3 aromatic rings. The SMILES string of the molecule is CC(Cc1ccnc(NC(=O)OC(C)(C)C)c1)Oc1ccc(N)c2ccccc12. The number of rotatable bonds is 5. The van der Waals surface area contributed by atoms with Gasteiger partial charge in [-0.05, 0) is 57.5 Å². The third-order valence-corrected chi connectivity index (χ3v) is 4.22. The first-order chi connectivity index (χ1) is 13.7. The van der Waals surface area contributed by atoms with Crippen LogP contribution in [0.1, 0.15) is 33.3 Å². The number of nitrogens with two attached hydrogens (primary N) is 1. The number of nitrogen functional groups attached to an aromatic ring is 1. The number of nitrogens with one attached hydrogen (secondary N) is 1. The highest BCUT2D eigenvalue weighted by molar-refractivity contribution is 5.97. The van der Waals surface area contributed by atoms with E-state index in [-0.39, 0.29) is 6.10 Å². The molecule has 0 fully saturated rings. The molecule has 1 aromatic heterocycles. The molecule has 1 amide bonds. The van der Waals surface area contributed by atoms with E-state index in [0.717, 1.165) is 27.8 Å². The fraction of sp³-hybridized carbons (Fsp3) is 0.304. The number of nitrogens with zero attached hydrogens (tertiary/aromatic N) is 1. The Kier molecular flexibility index (Phi) is 5.92. The fourth-order valence-electron chi connectivity index (χ4n) is 3.07. The van der Waals surface area contributed by atoms with E-state index in [1.54, 1.807) is 6.20 Å². The lowest BCUT2D eigenvalue weighted by Crippen LogP contribution is -2.27. The second kappa shape index (κ2) is 8.39. The molecule has 0 aliphatic carbocycles. The number of pyridine rings is 1. The smallest absolute Gasteiger partial charge is 0.413 e. The Balaban J connectivity index is 1.68. The van der Waals surface area contributed by atoms with Crippen molar-refractivity contribution >= 4 is 28.4 Å². The summed E-state index contributed by atoms with van der Waals surface area (Å²) in [4.78, 5) is 16.1. The van der Waals surface area contributed by atoms with Crippen LogP contribution in [0.15, 0.2) is 54.7 Å². The predicted octanol–water partition coefficient (Wildman–Crippen LogP) is 5.17. The number of anilines is 2. The molecule has 0 bridgehead atoms. The minimum absolute atomic E-state index is 0.0844. The zero-order chi connectivity index (χ0) is 21.0. The molecule has 2 aromatic carbocycles. The zero-order valence-electron chi connectivity index (χ0n) is 17.2. The highest BCUT2D eigenvalue weighted by atomic mass is 16.6. The molecule has 0 radical (unpaired) electrons. The highest BCUT2D eigenvalue weighted by Crippen LogP contribution is 2.30. The van der Waals surface area contributed by atoms with E-state index in [2.05, 4.69) is 10.3 Å². The monoisotopic (exact) mass is 393 g/mol. The summed E-state index contributed by atoms with van der Waals surface area (Å²) >= 11 is 0. The summed E-state index contributed by atoms with van der Waals surface area (Å²) in [5, 5.41) is 4.63. The van der Waals surface area contributed by atoms with Gasteiger partial charge in [0.25, 0.3) is 0 Å². The third kappa shape index (κ3) is 5.60. The van der Waals surface area contributed by atoms with Gasteiger partial charge in [0.15, 0.2) is 0 Å². The van der Waals surface area contributed by atoms with E-state index in [1.165, 1.54) is 0 Å². The van der Waals surface area contributed by atoms with Gasteiger partial charge in [0, 0.05) is 29.1 Å². The van der Waals surface area contributed by atoms with Gasteiger partial charge in [-0.1, -0.05) is 24.3 Å². The van der Waals surface area contributed by atoms with Crippen LogP contribution in [-0.2, 0) is 11.2 Å². The van der Waals surface area contributed by atoms with Crippen LogP contribution in [0.3, 0.4) is 0 Å². The quantitative estimate of drug-likeness (QED) is 0.584. The molecular weight excluding hydrogens is 366 g/mol. The number of fused-ring (bicyclic) bond motifs is 1. The molecule has 0 aliphatic rings. The van der Waals surface area contributed by atoms with Crippen molar-refractivity contribution in [3.8, 4) is 5.75 Å². The number of amides is 1. The van der Waals surface area contributed by atoms with Crippen molar-refractivity contribution in [2.24, 2.45) is 0 Å². The van der Waals surface area contributed by atoms with Gasteiger partial charge in [-0.25, -0.2) is 9.78 Å². The molecule has 29 heavy (non-hydrogen) atoms. The molecule has 152 valence electrons. The first-order valence-corrected chi connectivity index (χ1v) is 9.60. The molecule has 1 atom stereocenters. The van der Waals surface area contributed by atoms with E-state index in [4.69, 9.17) is 15.2 Å². The molecule has 0 aliphatic heterocycles. The summed E-state index contributed by atoms with van der Waals surface area (Å²) in [6.07, 6.45) is 1.70. The Morgan fingerprint density at radius 3 is 2.59 bits per heavy atom. The lowest BCUT2D eigenvalue weighted by molar-refractivity contribution is 0.0635. The van der Waals surface area contributed by atoms with Crippen molar-refractivity contribution in [3.05, 3.63) is 60.3 Å². The van der Waals surface area contributed by atoms with E-state index >= 15 is 0 Å². The van der Waals surface area contributed by atoms with Gasteiger partial charge < -0.3 is 15.2 Å². The van der Waals surface area contributed by atoms with Gasteiger partial charge in [-0.3, -0.25) is 5.32 Å². The average molecular weight is 393 g/mol. The molecule has 6 heteroatoms. The summed E-state index contributed by atoms with van der Waals surface area (Å²) in [6.45, 7) is 7.45. The number of carbonyl (C=O) groups is 1. The maximum Gasteiger partial charge on any atom is 0.413 e. The standard InChI is InChI=1S/C23H27N3O3/c1-15(28-20-10-9-19(24)17-7-5-6-8-18(17)20)13-16-11-12-25-21(14-16)26-22(27)29-23(2,3)4/h5-12,14-15H,13,24H2,1-4H3,(H,25,26,27). The van der Waals surface area contributed by atoms with Crippen LogP contribution in [0, 0.1) is 0 Å². The zero-order valence-corrected chi connectivity index (χ0v) is 17.2. The Labute approximate surface area is 171 Å². The first kappa shape index (κ1) is 20.5. The highest BCUT2D eigenvalue weighted by Gasteiger charge is 2.17. The van der Waals surface area contributed by atoms with Crippen LogP contribution < -0.4 is 15.8 Å². The number of benzene rings is 2. The number of aromatic nitrogens is 1. The fourth-order valence-corrected chi connectivity index (χ4v) is 3.07. The maximum atomic E-state index is 11.9. The number of ether oxygens (including phenoxy) is 2. The van der Waals surface area contributed by atoms with Gasteiger partial charge in [0.1, 0.15) is 17.2 Å². The van der Waals surface area contributed by atoms with Gasteiger partial charge in [-0.2, -0.15) is 0 Å². The molecular formula is C23H27N3O3. The Morgan fingerprint density at radius 2 is 1.86 bits per heavy atom. The van der Waals surface area contributed by atoms with Crippen molar-refractivity contribution in [2.75, 3.05) is 11.1 Å². The first-order valence-electron chi connectivity index (χ1n) is 9.60. The number of hydrogen-bond acceptors (Lipinski definition) is 5. The molecule has 0 saturated heterocycles. The van der Waals surface area contributed by atoms with Crippen LogP contribution >= 0.6 is 0 Å². The van der Waals surface area contributed by atoms with E-state index in [9.17, 15) is 4.79 Å². The lowest BCUT2D eigenvalue weighted by Gasteiger charge is -2.20. The van der Waals surface area contributed by atoms with Gasteiger partial charge in [-0.15, -0.1) is 0 Å². The largest absolute Gasteiger partial charge is 0.490 e. The third-order valence-electron chi connectivity index (χ3n) is 4.22. The second-order valence-corrected chi connectivity index (χ2v) is 8.01. The maximum absolute atomic E-state index is 11.9. The molecule has 3 N–H and O–H groups in total. The summed E-state index contributed by atoms with van der Waals surface area (Å²) in [6, 6.07) is 15.4. The molecule has 0 saturated carbocycles. The summed E-state index contributed by atoms with van der Waals surface area (Å²) in [7, 11) is 0. The Morgan fingerprint density at radius 1 is 1.14 bits per heavy atom. The number of hydrogen-bond donors (Lipinski definition) is 2. The average Bonchev–Trinajstić information content (AvgIpc) is 2.63. The molecule has 0 spiro atoms. The van der Waals surface area contributed by atoms with Crippen molar-refractivity contribution in [2.45, 2.75) is 45.8 Å². The van der Waals surface area contributed by atoms with Crippen LogP contribution in [-0.4, -0.2) is 22.8 Å². The normalized spacial score (nSPS) is 12.4. The number of carbonyl (C=O) groups excluding carboxylic acids is 1. The van der Waals surface area contributed by atoms with Gasteiger partial charge >= 0.3 is 6.09 Å². The second-order valence-electron chi connectivity index (χ2n) is 8.01. The topological polar surface area (TPSA) is 86.5 Å². The molecule has 3 rings (SSSR count). The predicted molar refractivity (Wildman–Crippen MR) is 116 cm³/mol. The van der Waals surface area contributed by atoms with E-state index < -0.39 is 11.7 Å². The van der Waals surface area contributed by atoms with E-state index in [1.807, 2.05) is 76.2 Å². The van der Waals surface area contributed by atoms with Crippen LogP contribution in [0.2, 0.25) is 0 Å². The minimum atomic E-state index is -0.564. The van der Waals surface area contributed by atoms with Gasteiger partial charge in [0.05, 0.1) is 6.10 Å². The van der Waals surface area contributed by atoms with Crippen molar-refractivity contribution in [3.63, 3.8) is 0 Å². The summed E-state index contributed by atoms with van der Waals surface area (Å²) in [5.41, 5.74) is 7.23.